The normalized spacial score (nSPS) is 13.2. The molecule has 274 valence electrons. The van der Waals surface area contributed by atoms with Crippen molar-refractivity contribution in [2.24, 2.45) is 0 Å². The standard InChI is InChI=1S/C57H36N2/c1-3-18-39(19-4-1)58(40-20-5-2-6-21-40)52-36-53-56-54-46(52)26-14-29-49(54)57(47-27-11-9-23-44(47)45-24-10-12-28-48(45)57)50-30-15-31-51(55(50)56)59(53)41-34-32-38(33-35-41)43-25-13-17-37-16-7-8-22-42(37)43/h1-36H. The smallest absolute Gasteiger partial charge is 0.0726 e. The number of benzene rings is 10. The van der Waals surface area contributed by atoms with Gasteiger partial charge in [0.2, 0.25) is 0 Å². The molecule has 10 aromatic carbocycles. The fraction of sp³-hybridized carbons (Fsp3) is 0.0175. The van der Waals surface area contributed by atoms with E-state index in [0.29, 0.717) is 0 Å². The van der Waals surface area contributed by atoms with Gasteiger partial charge in [-0.1, -0.05) is 170 Å². The second kappa shape index (κ2) is 12.2. The van der Waals surface area contributed by atoms with Crippen LogP contribution in [0.25, 0.3) is 71.3 Å². The van der Waals surface area contributed by atoms with Gasteiger partial charge in [0.25, 0.3) is 0 Å². The molecule has 13 rings (SSSR count). The van der Waals surface area contributed by atoms with Crippen LogP contribution < -0.4 is 4.90 Å². The molecule has 1 heterocycles. The van der Waals surface area contributed by atoms with Gasteiger partial charge in [-0.25, -0.2) is 0 Å². The van der Waals surface area contributed by atoms with E-state index < -0.39 is 5.41 Å². The van der Waals surface area contributed by atoms with Gasteiger partial charge in [-0.05, 0) is 109 Å². The summed E-state index contributed by atoms with van der Waals surface area (Å²) in [5, 5.41) is 7.72. The van der Waals surface area contributed by atoms with Gasteiger partial charge in [-0.3, -0.25) is 0 Å². The molecule has 0 aliphatic heterocycles. The highest BCUT2D eigenvalue weighted by Crippen LogP contribution is 2.63. The van der Waals surface area contributed by atoms with Gasteiger partial charge in [-0.15, -0.1) is 0 Å². The molecule has 11 aromatic rings. The fourth-order valence-electron chi connectivity index (χ4n) is 10.9. The molecule has 0 radical (unpaired) electrons. The lowest BCUT2D eigenvalue weighted by molar-refractivity contribution is 0.783. The predicted octanol–water partition coefficient (Wildman–Crippen LogP) is 14.9. The fourth-order valence-corrected chi connectivity index (χ4v) is 10.9. The van der Waals surface area contributed by atoms with Gasteiger partial charge in [0.15, 0.2) is 0 Å². The topological polar surface area (TPSA) is 8.17 Å². The molecule has 0 saturated heterocycles. The van der Waals surface area contributed by atoms with E-state index in [0.717, 1.165) is 22.7 Å². The van der Waals surface area contributed by atoms with Gasteiger partial charge >= 0.3 is 0 Å². The molecule has 2 aliphatic rings. The molecule has 59 heavy (non-hydrogen) atoms. The predicted molar refractivity (Wildman–Crippen MR) is 247 cm³/mol. The Balaban J connectivity index is 1.18. The summed E-state index contributed by atoms with van der Waals surface area (Å²) in [5.74, 6) is 0. The molecule has 1 aromatic heterocycles. The van der Waals surface area contributed by atoms with E-state index in [1.165, 1.54) is 87.9 Å². The maximum Gasteiger partial charge on any atom is 0.0726 e. The van der Waals surface area contributed by atoms with Crippen molar-refractivity contribution in [1.29, 1.82) is 0 Å². The van der Waals surface area contributed by atoms with Crippen molar-refractivity contribution in [2.75, 3.05) is 4.90 Å². The monoisotopic (exact) mass is 748 g/mol. The second-order valence-electron chi connectivity index (χ2n) is 16.0. The maximum atomic E-state index is 2.53. The first kappa shape index (κ1) is 32.4. The van der Waals surface area contributed by atoms with Crippen LogP contribution in [-0.4, -0.2) is 4.57 Å². The van der Waals surface area contributed by atoms with Crippen LogP contribution in [0.3, 0.4) is 0 Å². The van der Waals surface area contributed by atoms with Crippen LogP contribution in [0.15, 0.2) is 218 Å². The number of aromatic nitrogens is 1. The summed E-state index contributed by atoms with van der Waals surface area (Å²) in [6, 6.07) is 81.0. The average molecular weight is 749 g/mol. The van der Waals surface area contributed by atoms with Crippen molar-refractivity contribution in [3.8, 4) is 27.9 Å². The molecule has 0 saturated carbocycles. The second-order valence-corrected chi connectivity index (χ2v) is 16.0. The molecule has 0 unspecified atom stereocenters. The largest absolute Gasteiger partial charge is 0.310 e. The zero-order valence-corrected chi connectivity index (χ0v) is 32.2. The van der Waals surface area contributed by atoms with Crippen molar-refractivity contribution in [2.45, 2.75) is 5.41 Å². The minimum absolute atomic E-state index is 0.501. The number of hydrogen-bond acceptors (Lipinski definition) is 1. The summed E-state index contributed by atoms with van der Waals surface area (Å²) in [4.78, 5) is 2.45. The van der Waals surface area contributed by atoms with Gasteiger partial charge in [0.1, 0.15) is 0 Å². The third-order valence-corrected chi connectivity index (χ3v) is 13.2. The molecule has 0 bridgehead atoms. The Morgan fingerprint density at radius 2 is 0.881 bits per heavy atom. The summed E-state index contributed by atoms with van der Waals surface area (Å²) in [7, 11) is 0. The van der Waals surface area contributed by atoms with Gasteiger partial charge in [0, 0.05) is 33.2 Å². The van der Waals surface area contributed by atoms with Crippen molar-refractivity contribution < 1.29 is 0 Å². The van der Waals surface area contributed by atoms with Gasteiger partial charge in [-0.2, -0.15) is 0 Å². The maximum absolute atomic E-state index is 2.53. The summed E-state index contributed by atoms with van der Waals surface area (Å²) in [6.07, 6.45) is 0. The number of anilines is 3. The first-order valence-electron chi connectivity index (χ1n) is 20.5. The number of hydrogen-bond donors (Lipinski definition) is 0. The molecule has 0 N–H and O–H groups in total. The van der Waals surface area contributed by atoms with Crippen molar-refractivity contribution in [3.63, 3.8) is 0 Å². The Morgan fingerprint density at radius 1 is 0.356 bits per heavy atom. The van der Waals surface area contributed by atoms with E-state index >= 15 is 0 Å². The first-order valence-corrected chi connectivity index (χ1v) is 20.5. The van der Waals surface area contributed by atoms with Crippen molar-refractivity contribution in [1.82, 2.24) is 4.57 Å². The number of rotatable bonds is 5. The van der Waals surface area contributed by atoms with Gasteiger partial charge in [0.05, 0.1) is 22.1 Å². The van der Waals surface area contributed by atoms with E-state index in [-0.39, 0.29) is 0 Å². The molecular weight excluding hydrogens is 713 g/mol. The lowest BCUT2D eigenvalue weighted by Gasteiger charge is -2.38. The zero-order chi connectivity index (χ0) is 38.7. The zero-order valence-electron chi connectivity index (χ0n) is 32.2. The molecule has 2 nitrogen and oxygen atoms in total. The minimum Gasteiger partial charge on any atom is -0.310 e. The van der Waals surface area contributed by atoms with E-state index in [4.69, 9.17) is 0 Å². The molecule has 0 amide bonds. The highest BCUT2D eigenvalue weighted by molar-refractivity contribution is 6.29. The quantitative estimate of drug-likeness (QED) is 0.170. The van der Waals surface area contributed by atoms with Crippen LogP contribution in [0, 0.1) is 0 Å². The lowest BCUT2D eigenvalue weighted by Crippen LogP contribution is -2.30. The van der Waals surface area contributed by atoms with Crippen molar-refractivity contribution in [3.05, 3.63) is 241 Å². The van der Waals surface area contributed by atoms with E-state index in [2.05, 4.69) is 228 Å². The van der Waals surface area contributed by atoms with Crippen molar-refractivity contribution >= 4 is 60.4 Å². The Morgan fingerprint density at radius 3 is 1.59 bits per heavy atom. The Kier molecular flexibility index (Phi) is 6.68. The number of nitrogens with zero attached hydrogens (tertiary/aromatic N) is 2. The number of para-hydroxylation sites is 2. The molecular formula is C57H36N2. The third kappa shape index (κ3) is 4.30. The SMILES string of the molecule is c1ccc(N(c2ccccc2)c2cc3c4c5c(cccc25)C2(c5ccccc5-c5ccccc52)c2cccc(c24)n3-c2ccc(-c3cccc4ccccc34)cc2)cc1. The van der Waals surface area contributed by atoms with Crippen LogP contribution in [0.4, 0.5) is 17.1 Å². The number of fused-ring (bicyclic) bond motifs is 8. The first-order chi connectivity index (χ1) is 29.3. The average Bonchev–Trinajstić information content (AvgIpc) is 3.80. The molecule has 2 heteroatoms. The Hall–Kier alpha value is -7.68. The third-order valence-electron chi connectivity index (χ3n) is 13.2. The summed E-state index contributed by atoms with van der Waals surface area (Å²) < 4.78 is 2.53. The highest BCUT2D eigenvalue weighted by atomic mass is 15.1. The Labute approximate surface area is 342 Å². The molecule has 2 aliphatic carbocycles. The molecule has 1 spiro atoms. The summed E-state index contributed by atoms with van der Waals surface area (Å²) in [5.41, 5.74) is 16.9. The van der Waals surface area contributed by atoms with Crippen LogP contribution in [0.1, 0.15) is 22.3 Å². The van der Waals surface area contributed by atoms with Gasteiger partial charge < -0.3 is 9.47 Å². The van der Waals surface area contributed by atoms with Crippen LogP contribution in [-0.2, 0) is 5.41 Å². The minimum atomic E-state index is -0.501. The summed E-state index contributed by atoms with van der Waals surface area (Å²) in [6.45, 7) is 0. The highest BCUT2D eigenvalue weighted by Gasteiger charge is 2.50. The van der Waals surface area contributed by atoms with Crippen LogP contribution in [0.5, 0.6) is 0 Å². The Bertz CT molecular complexity index is 3400. The lowest BCUT2D eigenvalue weighted by atomic mass is 9.63. The molecule has 0 fully saturated rings. The van der Waals surface area contributed by atoms with E-state index in [1.807, 2.05) is 0 Å². The summed E-state index contributed by atoms with van der Waals surface area (Å²) >= 11 is 0. The van der Waals surface area contributed by atoms with E-state index in [1.54, 1.807) is 0 Å². The van der Waals surface area contributed by atoms with Crippen LogP contribution in [0.2, 0.25) is 0 Å². The van der Waals surface area contributed by atoms with Crippen LogP contribution >= 0.6 is 0 Å². The van der Waals surface area contributed by atoms with E-state index in [9.17, 15) is 0 Å². The molecule has 0 atom stereocenters.